The summed E-state index contributed by atoms with van der Waals surface area (Å²) in [4.78, 5) is 0. The molecule has 0 atom stereocenters. The summed E-state index contributed by atoms with van der Waals surface area (Å²) in [6.45, 7) is 0. The molecule has 55 heavy (non-hydrogen) atoms. The lowest BCUT2D eigenvalue weighted by Gasteiger charge is -2.17. The third kappa shape index (κ3) is 4.11. The van der Waals surface area contributed by atoms with Crippen molar-refractivity contribution < 1.29 is 0 Å². The number of thiophene rings is 1. The molecule has 0 aliphatic carbocycles. The first kappa shape index (κ1) is 29.6. The maximum atomic E-state index is 2.44. The second kappa shape index (κ2) is 10.9. The summed E-state index contributed by atoms with van der Waals surface area (Å²) in [5, 5.41) is 21.0. The van der Waals surface area contributed by atoms with Gasteiger partial charge in [0, 0.05) is 20.2 Å². The number of benzene rings is 12. The van der Waals surface area contributed by atoms with E-state index in [2.05, 4.69) is 182 Å². The molecule has 0 spiro atoms. The molecular formula is C54H30S. The van der Waals surface area contributed by atoms with Crippen LogP contribution in [0.5, 0.6) is 0 Å². The summed E-state index contributed by atoms with van der Waals surface area (Å²) in [5.41, 5.74) is 7.66. The normalized spacial score (nSPS) is 12.4. The van der Waals surface area contributed by atoms with Crippen LogP contribution in [0, 0.1) is 0 Å². The lowest BCUT2D eigenvalue weighted by atomic mass is 9.86. The quantitative estimate of drug-likeness (QED) is 0.160. The first-order chi connectivity index (χ1) is 27.2. The predicted molar refractivity (Wildman–Crippen MR) is 241 cm³/mol. The van der Waals surface area contributed by atoms with Crippen molar-refractivity contribution >= 4 is 107 Å². The molecule has 0 radical (unpaired) electrons. The Kier molecular flexibility index (Phi) is 5.86. The molecule has 0 N–H and O–H groups in total. The van der Waals surface area contributed by atoms with Gasteiger partial charge in [-0.1, -0.05) is 158 Å². The van der Waals surface area contributed by atoms with Crippen molar-refractivity contribution in [1.29, 1.82) is 0 Å². The van der Waals surface area contributed by atoms with E-state index < -0.39 is 0 Å². The van der Waals surface area contributed by atoms with Gasteiger partial charge in [0.2, 0.25) is 0 Å². The Morgan fingerprint density at radius 3 is 1.27 bits per heavy atom. The first-order valence-electron chi connectivity index (χ1n) is 19.1. The van der Waals surface area contributed by atoms with Gasteiger partial charge in [0.25, 0.3) is 0 Å². The smallest absolute Gasteiger partial charge is 0.0355 e. The van der Waals surface area contributed by atoms with Crippen molar-refractivity contribution in [1.82, 2.24) is 0 Å². The molecule has 0 saturated heterocycles. The van der Waals surface area contributed by atoms with E-state index in [4.69, 9.17) is 0 Å². The zero-order chi connectivity index (χ0) is 35.8. The highest BCUT2D eigenvalue weighted by molar-refractivity contribution is 7.25. The van der Waals surface area contributed by atoms with Crippen LogP contribution in [0.3, 0.4) is 0 Å². The fourth-order valence-electron chi connectivity index (χ4n) is 9.85. The van der Waals surface area contributed by atoms with E-state index in [9.17, 15) is 0 Å². The van der Waals surface area contributed by atoms with Crippen LogP contribution in [-0.2, 0) is 0 Å². The van der Waals surface area contributed by atoms with Crippen LogP contribution in [0.15, 0.2) is 182 Å². The van der Waals surface area contributed by atoms with Gasteiger partial charge in [0.1, 0.15) is 0 Å². The Labute approximate surface area is 320 Å². The molecule has 0 bridgehead atoms. The molecule has 0 aliphatic rings. The standard InChI is InChI=1S/C54H30S/c1-2-9-39-31(5-1)6-4-10-42(39)43-23-15-36-17-25-45-41(22-14-35-18-26-46(43)54(36)53(35)45)38-20-28-50-48(30-38)47-29-37(19-27-49(47)55-50)40-21-13-34-12-11-32-7-3-8-33-16-24-44(40)52(34)51(32)33/h1-30H. The first-order valence-corrected chi connectivity index (χ1v) is 19.9. The van der Waals surface area contributed by atoms with Crippen LogP contribution in [-0.4, -0.2) is 0 Å². The number of fused-ring (bicyclic) bond motifs is 4. The molecule has 0 fully saturated rings. The molecule has 1 heterocycles. The molecular weight excluding hydrogens is 681 g/mol. The summed E-state index contributed by atoms with van der Waals surface area (Å²) in [7, 11) is 0. The molecule has 0 saturated carbocycles. The van der Waals surface area contributed by atoms with Gasteiger partial charge in [-0.3, -0.25) is 0 Å². The monoisotopic (exact) mass is 710 g/mol. The van der Waals surface area contributed by atoms with Gasteiger partial charge in [-0.2, -0.15) is 0 Å². The lowest BCUT2D eigenvalue weighted by Crippen LogP contribution is -1.90. The summed E-state index contributed by atoms with van der Waals surface area (Å²) in [5.74, 6) is 0. The molecule has 1 heteroatoms. The topological polar surface area (TPSA) is 0 Å². The zero-order valence-electron chi connectivity index (χ0n) is 29.7. The van der Waals surface area contributed by atoms with Gasteiger partial charge >= 0.3 is 0 Å². The fourth-order valence-corrected chi connectivity index (χ4v) is 10.9. The highest BCUT2D eigenvalue weighted by atomic mass is 32.1. The van der Waals surface area contributed by atoms with Crippen LogP contribution < -0.4 is 0 Å². The van der Waals surface area contributed by atoms with Gasteiger partial charge in [-0.15, -0.1) is 11.3 Å². The van der Waals surface area contributed by atoms with Crippen LogP contribution in [0.1, 0.15) is 0 Å². The van der Waals surface area contributed by atoms with Gasteiger partial charge < -0.3 is 0 Å². The lowest BCUT2D eigenvalue weighted by molar-refractivity contribution is 1.69. The summed E-state index contributed by atoms with van der Waals surface area (Å²) in [6, 6.07) is 68.6. The van der Waals surface area contributed by atoms with Crippen molar-refractivity contribution in [2.24, 2.45) is 0 Å². The number of rotatable bonds is 3. The average molecular weight is 711 g/mol. The van der Waals surface area contributed by atoms with Crippen LogP contribution in [0.25, 0.3) is 129 Å². The van der Waals surface area contributed by atoms with Crippen LogP contribution in [0.4, 0.5) is 0 Å². The number of hydrogen-bond acceptors (Lipinski definition) is 1. The Hall–Kier alpha value is -6.80. The molecule has 13 rings (SSSR count). The predicted octanol–water partition coefficient (Wildman–Crippen LogP) is 16.0. The summed E-state index contributed by atoms with van der Waals surface area (Å²) < 4.78 is 2.65. The van der Waals surface area contributed by atoms with Crippen molar-refractivity contribution in [2.75, 3.05) is 0 Å². The van der Waals surface area contributed by atoms with E-state index in [0.717, 1.165) is 0 Å². The number of hydrogen-bond donors (Lipinski definition) is 0. The minimum Gasteiger partial charge on any atom is -0.135 e. The van der Waals surface area contributed by atoms with E-state index >= 15 is 0 Å². The van der Waals surface area contributed by atoms with Gasteiger partial charge in [-0.05, 0) is 133 Å². The van der Waals surface area contributed by atoms with E-state index in [1.807, 2.05) is 11.3 Å². The fraction of sp³-hybridized carbons (Fsp3) is 0. The van der Waals surface area contributed by atoms with Crippen molar-refractivity contribution in [2.45, 2.75) is 0 Å². The van der Waals surface area contributed by atoms with Crippen molar-refractivity contribution in [3.63, 3.8) is 0 Å². The minimum atomic E-state index is 1.26. The minimum absolute atomic E-state index is 1.26. The molecule has 0 aliphatic heterocycles. The van der Waals surface area contributed by atoms with E-state index in [1.54, 1.807) is 0 Å². The maximum Gasteiger partial charge on any atom is 0.0355 e. The van der Waals surface area contributed by atoms with Crippen LogP contribution >= 0.6 is 11.3 Å². The molecule has 0 amide bonds. The molecule has 1 aromatic heterocycles. The zero-order valence-corrected chi connectivity index (χ0v) is 30.5. The van der Waals surface area contributed by atoms with Gasteiger partial charge in [0.05, 0.1) is 0 Å². The highest BCUT2D eigenvalue weighted by Crippen LogP contribution is 2.46. The van der Waals surface area contributed by atoms with Crippen molar-refractivity contribution in [3.8, 4) is 33.4 Å². The van der Waals surface area contributed by atoms with Gasteiger partial charge in [-0.25, -0.2) is 0 Å². The molecule has 12 aromatic carbocycles. The Bertz CT molecular complexity index is 3690. The van der Waals surface area contributed by atoms with Crippen LogP contribution in [0.2, 0.25) is 0 Å². The largest absolute Gasteiger partial charge is 0.135 e. The third-order valence-electron chi connectivity index (χ3n) is 12.4. The second-order valence-electron chi connectivity index (χ2n) is 15.2. The average Bonchev–Trinajstić information content (AvgIpc) is 3.61. The highest BCUT2D eigenvalue weighted by Gasteiger charge is 2.18. The molecule has 13 aromatic rings. The third-order valence-corrected chi connectivity index (χ3v) is 13.5. The van der Waals surface area contributed by atoms with E-state index in [0.29, 0.717) is 0 Å². The van der Waals surface area contributed by atoms with E-state index in [1.165, 1.54) is 129 Å². The van der Waals surface area contributed by atoms with E-state index in [-0.39, 0.29) is 0 Å². The maximum absolute atomic E-state index is 2.44. The molecule has 0 unspecified atom stereocenters. The molecule has 252 valence electrons. The summed E-state index contributed by atoms with van der Waals surface area (Å²) >= 11 is 1.89. The molecule has 0 nitrogen and oxygen atoms in total. The van der Waals surface area contributed by atoms with Crippen molar-refractivity contribution in [3.05, 3.63) is 182 Å². The Balaban J connectivity index is 1.00. The second-order valence-corrected chi connectivity index (χ2v) is 16.3. The van der Waals surface area contributed by atoms with Gasteiger partial charge in [0.15, 0.2) is 0 Å². The Morgan fingerprint density at radius 2 is 0.655 bits per heavy atom. The SMILES string of the molecule is c1ccc2c(-c3ccc4ccc5c(-c6ccc7sc8ccc(-c9ccc%10ccc%11cccc%12ccc9c%10c%11%12)cc8c7c6)ccc6ccc3c4c65)cccc2c1. The Morgan fingerprint density at radius 1 is 0.236 bits per heavy atom. The summed E-state index contributed by atoms with van der Waals surface area (Å²) in [6.07, 6.45) is 0.